The van der Waals surface area contributed by atoms with Gasteiger partial charge in [-0.15, -0.1) is 0 Å². The molecule has 3 N–H and O–H groups in total. The lowest BCUT2D eigenvalue weighted by Gasteiger charge is -2.07. The number of hydrogen-bond acceptors (Lipinski definition) is 4. The van der Waals surface area contributed by atoms with E-state index in [2.05, 4.69) is 20.0 Å². The van der Waals surface area contributed by atoms with Gasteiger partial charge in [0.05, 0.1) is 16.8 Å². The molecule has 0 unspecified atom stereocenters. The first-order chi connectivity index (χ1) is 12.9. The molecule has 0 aliphatic carbocycles. The minimum absolute atomic E-state index is 0.0581. The van der Waals surface area contributed by atoms with Crippen LogP contribution in [0.1, 0.15) is 23.4 Å². The predicted octanol–water partition coefficient (Wildman–Crippen LogP) is 1.86. The van der Waals surface area contributed by atoms with Crippen LogP contribution >= 0.6 is 0 Å². The summed E-state index contributed by atoms with van der Waals surface area (Å²) in [6.07, 6.45) is 0.889. The predicted molar refractivity (Wildman–Crippen MR) is 104 cm³/mol. The number of nitrogens with one attached hydrogen (secondary N) is 3. The molecule has 27 heavy (non-hydrogen) atoms. The van der Waals surface area contributed by atoms with E-state index in [0.717, 1.165) is 22.4 Å². The molecule has 0 saturated heterocycles. The van der Waals surface area contributed by atoms with Crippen LogP contribution < -0.4 is 10.0 Å². The second-order valence-corrected chi connectivity index (χ2v) is 8.18. The van der Waals surface area contributed by atoms with Crippen molar-refractivity contribution in [1.82, 2.24) is 20.0 Å². The van der Waals surface area contributed by atoms with Gasteiger partial charge in [0.15, 0.2) is 0 Å². The highest BCUT2D eigenvalue weighted by molar-refractivity contribution is 7.88. The Kier molecular flexibility index (Phi) is 5.88. The van der Waals surface area contributed by atoms with E-state index in [1.807, 2.05) is 36.4 Å². The number of hydrogen-bond donors (Lipinski definition) is 3. The van der Waals surface area contributed by atoms with Gasteiger partial charge in [-0.3, -0.25) is 4.79 Å². The fraction of sp³-hybridized carbons (Fsp3) is 0.263. The molecule has 1 heterocycles. The lowest BCUT2D eigenvalue weighted by Crippen LogP contribution is -2.23. The summed E-state index contributed by atoms with van der Waals surface area (Å²) in [5, 5.41) is 2.87. The molecule has 8 heteroatoms. The summed E-state index contributed by atoms with van der Waals surface area (Å²) >= 11 is 0. The summed E-state index contributed by atoms with van der Waals surface area (Å²) in [6.45, 7) is 0.401. The summed E-state index contributed by atoms with van der Waals surface area (Å²) in [5.41, 5.74) is 3.48. The Morgan fingerprint density at radius 3 is 2.48 bits per heavy atom. The number of rotatable bonds is 8. The largest absolute Gasteiger partial charge is 0.352 e. The Labute approximate surface area is 158 Å². The van der Waals surface area contributed by atoms with Gasteiger partial charge in [-0.25, -0.2) is 18.1 Å². The summed E-state index contributed by atoms with van der Waals surface area (Å²) in [7, 11) is -1.89. The van der Waals surface area contributed by atoms with Crippen LogP contribution in [0.2, 0.25) is 0 Å². The second kappa shape index (κ2) is 8.32. The Morgan fingerprint density at radius 2 is 1.78 bits per heavy atom. The molecule has 0 saturated carbocycles. The Hall–Kier alpha value is -2.71. The van der Waals surface area contributed by atoms with Gasteiger partial charge in [0, 0.05) is 19.4 Å². The molecule has 1 amide bonds. The minimum Gasteiger partial charge on any atom is -0.352 e. The molecular weight excluding hydrogens is 364 g/mol. The standard InChI is InChI=1S/C19H22N4O3S/c1-20-27(25,26)13-15-8-6-14(7-9-15)12-21-19(24)11-10-18-22-16-4-2-3-5-17(16)23-18/h2-9,20H,10-13H2,1H3,(H,21,24)(H,22,23). The molecule has 0 atom stereocenters. The molecule has 0 aliphatic rings. The molecule has 3 rings (SSSR count). The number of para-hydroxylation sites is 2. The summed E-state index contributed by atoms with van der Waals surface area (Å²) in [6, 6.07) is 14.9. The van der Waals surface area contributed by atoms with Gasteiger partial charge in [0.1, 0.15) is 5.82 Å². The number of carbonyl (C=O) groups excluding carboxylic acids is 1. The number of aromatic nitrogens is 2. The quantitative estimate of drug-likeness (QED) is 0.550. The topological polar surface area (TPSA) is 104 Å². The van der Waals surface area contributed by atoms with Gasteiger partial charge in [-0.2, -0.15) is 0 Å². The fourth-order valence-corrected chi connectivity index (χ4v) is 3.47. The van der Waals surface area contributed by atoms with Crippen LogP contribution in [0.5, 0.6) is 0 Å². The number of nitrogens with zero attached hydrogens (tertiary/aromatic N) is 1. The van der Waals surface area contributed by atoms with E-state index in [1.54, 1.807) is 12.1 Å². The van der Waals surface area contributed by atoms with E-state index >= 15 is 0 Å². The van der Waals surface area contributed by atoms with Crippen molar-refractivity contribution in [2.75, 3.05) is 7.05 Å². The molecule has 0 fully saturated rings. The van der Waals surface area contributed by atoms with Crippen LogP contribution in [0.3, 0.4) is 0 Å². The van der Waals surface area contributed by atoms with Crippen LogP contribution in [0.4, 0.5) is 0 Å². The van der Waals surface area contributed by atoms with E-state index in [1.165, 1.54) is 7.05 Å². The molecule has 0 radical (unpaired) electrons. The number of benzene rings is 2. The van der Waals surface area contributed by atoms with Gasteiger partial charge < -0.3 is 10.3 Å². The zero-order valence-electron chi connectivity index (χ0n) is 15.0. The highest BCUT2D eigenvalue weighted by Crippen LogP contribution is 2.11. The molecule has 0 aliphatic heterocycles. The second-order valence-electron chi connectivity index (χ2n) is 6.26. The lowest BCUT2D eigenvalue weighted by atomic mass is 10.1. The van der Waals surface area contributed by atoms with Crippen molar-refractivity contribution < 1.29 is 13.2 Å². The first-order valence-corrected chi connectivity index (χ1v) is 10.3. The number of amides is 1. The minimum atomic E-state index is -3.28. The zero-order valence-corrected chi connectivity index (χ0v) is 15.8. The third-order valence-corrected chi connectivity index (χ3v) is 5.54. The average molecular weight is 386 g/mol. The van der Waals surface area contributed by atoms with Crippen molar-refractivity contribution in [2.24, 2.45) is 0 Å². The molecule has 2 aromatic carbocycles. The van der Waals surface area contributed by atoms with Crippen molar-refractivity contribution in [1.29, 1.82) is 0 Å². The molecule has 7 nitrogen and oxygen atoms in total. The van der Waals surface area contributed by atoms with Crippen molar-refractivity contribution in [2.45, 2.75) is 25.1 Å². The number of fused-ring (bicyclic) bond motifs is 1. The lowest BCUT2D eigenvalue weighted by molar-refractivity contribution is -0.121. The number of aromatic amines is 1. The highest BCUT2D eigenvalue weighted by atomic mass is 32.2. The zero-order chi connectivity index (χ0) is 19.3. The van der Waals surface area contributed by atoms with Gasteiger partial charge in [0.2, 0.25) is 15.9 Å². The van der Waals surface area contributed by atoms with Crippen LogP contribution in [0.15, 0.2) is 48.5 Å². The first-order valence-electron chi connectivity index (χ1n) is 8.64. The number of carbonyl (C=O) groups is 1. The molecular formula is C19H22N4O3S. The van der Waals surface area contributed by atoms with Crippen molar-refractivity contribution in [3.63, 3.8) is 0 Å². The van der Waals surface area contributed by atoms with Crippen molar-refractivity contribution in [3.8, 4) is 0 Å². The Bertz CT molecular complexity index is 994. The van der Waals surface area contributed by atoms with E-state index in [0.29, 0.717) is 24.9 Å². The molecule has 1 aromatic heterocycles. The van der Waals surface area contributed by atoms with Gasteiger partial charge in [-0.05, 0) is 30.3 Å². The first kappa shape index (κ1) is 19.1. The van der Waals surface area contributed by atoms with E-state index < -0.39 is 10.0 Å². The summed E-state index contributed by atoms with van der Waals surface area (Å²) in [4.78, 5) is 19.7. The number of sulfonamides is 1. The maximum atomic E-state index is 12.1. The van der Waals surface area contributed by atoms with E-state index in [-0.39, 0.29) is 11.7 Å². The van der Waals surface area contributed by atoms with Gasteiger partial charge in [-0.1, -0.05) is 36.4 Å². The van der Waals surface area contributed by atoms with Gasteiger partial charge >= 0.3 is 0 Å². The molecule has 0 bridgehead atoms. The maximum absolute atomic E-state index is 12.1. The molecule has 142 valence electrons. The average Bonchev–Trinajstić information content (AvgIpc) is 3.08. The van der Waals surface area contributed by atoms with Crippen LogP contribution in [-0.4, -0.2) is 31.3 Å². The number of H-pyrrole nitrogens is 1. The highest BCUT2D eigenvalue weighted by Gasteiger charge is 2.09. The van der Waals surface area contributed by atoms with E-state index in [4.69, 9.17) is 0 Å². The number of imidazole rings is 1. The third-order valence-electron chi connectivity index (χ3n) is 4.21. The smallest absolute Gasteiger partial charge is 0.220 e. The normalized spacial score (nSPS) is 11.6. The van der Waals surface area contributed by atoms with Crippen molar-refractivity contribution in [3.05, 3.63) is 65.5 Å². The number of aryl methyl sites for hydroxylation is 1. The summed E-state index contributed by atoms with van der Waals surface area (Å²) < 4.78 is 25.4. The van der Waals surface area contributed by atoms with Crippen LogP contribution in [0, 0.1) is 0 Å². The maximum Gasteiger partial charge on any atom is 0.220 e. The van der Waals surface area contributed by atoms with Crippen LogP contribution in [0.25, 0.3) is 11.0 Å². The van der Waals surface area contributed by atoms with Gasteiger partial charge in [0.25, 0.3) is 0 Å². The monoisotopic (exact) mass is 386 g/mol. The SMILES string of the molecule is CNS(=O)(=O)Cc1ccc(CNC(=O)CCc2nc3ccccc3[nH]2)cc1. The molecule has 3 aromatic rings. The third kappa shape index (κ3) is 5.38. The Balaban J connectivity index is 1.47. The Morgan fingerprint density at radius 1 is 1.07 bits per heavy atom. The van der Waals surface area contributed by atoms with E-state index in [9.17, 15) is 13.2 Å². The van der Waals surface area contributed by atoms with Crippen molar-refractivity contribution >= 4 is 27.0 Å². The molecule has 0 spiro atoms. The van der Waals surface area contributed by atoms with Crippen LogP contribution in [-0.2, 0) is 33.5 Å². The fourth-order valence-electron chi connectivity index (χ4n) is 2.69. The summed E-state index contributed by atoms with van der Waals surface area (Å²) in [5.74, 6) is 0.673.